The number of nitrogens with one attached hydrogen (secondary N) is 1. The predicted molar refractivity (Wildman–Crippen MR) is 95.1 cm³/mol. The van der Waals surface area contributed by atoms with Gasteiger partial charge in [-0.2, -0.15) is 0 Å². The van der Waals surface area contributed by atoms with Crippen LogP contribution in [0.2, 0.25) is 0 Å². The fraction of sp³-hybridized carbons (Fsp3) is 0.611. The average molecular weight is 367 g/mol. The molecule has 0 aliphatic carbocycles. The van der Waals surface area contributed by atoms with Gasteiger partial charge in [0.05, 0.1) is 0 Å². The maximum atomic E-state index is 12.7. The van der Waals surface area contributed by atoms with Gasteiger partial charge in [0.1, 0.15) is 0 Å². The molecule has 1 N–H and O–H groups in total. The highest BCUT2D eigenvalue weighted by molar-refractivity contribution is 9.10. The molecule has 1 aromatic carbocycles. The first-order valence-corrected chi connectivity index (χ1v) is 9.16. The summed E-state index contributed by atoms with van der Waals surface area (Å²) in [5.41, 5.74) is 2.48. The van der Waals surface area contributed by atoms with Crippen molar-refractivity contribution in [3.8, 4) is 0 Å². The van der Waals surface area contributed by atoms with E-state index in [0.717, 1.165) is 49.8 Å². The monoisotopic (exact) mass is 366 g/mol. The highest BCUT2D eigenvalue weighted by Crippen LogP contribution is 2.19. The third-order valence-corrected chi connectivity index (χ3v) is 5.27. The van der Waals surface area contributed by atoms with Gasteiger partial charge in [-0.3, -0.25) is 4.79 Å². The Balaban J connectivity index is 1.93. The van der Waals surface area contributed by atoms with Gasteiger partial charge in [0.25, 0.3) is 0 Å². The molecule has 1 amide bonds. The topological polar surface area (TPSA) is 32.3 Å². The number of benzene rings is 1. The standard InChI is InChI=1S/C18H27BrN2O/c1-3-12-21(16-8-10-20-11-9-16)18(22)7-5-15-4-6-17(19)14(2)13-15/h4,6,13,16,20H,3,5,7-12H2,1-2H3. The van der Waals surface area contributed by atoms with Gasteiger partial charge in [-0.1, -0.05) is 35.0 Å². The first-order chi connectivity index (χ1) is 10.6. The number of carbonyl (C=O) groups is 1. The van der Waals surface area contributed by atoms with Crippen LogP contribution in [0.15, 0.2) is 22.7 Å². The molecule has 2 rings (SSSR count). The van der Waals surface area contributed by atoms with E-state index in [9.17, 15) is 4.79 Å². The molecule has 0 spiro atoms. The maximum absolute atomic E-state index is 12.7. The van der Waals surface area contributed by atoms with Crippen molar-refractivity contribution in [3.05, 3.63) is 33.8 Å². The summed E-state index contributed by atoms with van der Waals surface area (Å²) in [5.74, 6) is 0.314. The first-order valence-electron chi connectivity index (χ1n) is 8.37. The minimum absolute atomic E-state index is 0.314. The molecule has 1 fully saturated rings. The molecular formula is C18H27BrN2O. The molecule has 4 heteroatoms. The number of halogens is 1. The zero-order valence-corrected chi connectivity index (χ0v) is 15.3. The van der Waals surface area contributed by atoms with E-state index in [-0.39, 0.29) is 0 Å². The van der Waals surface area contributed by atoms with E-state index in [4.69, 9.17) is 0 Å². The van der Waals surface area contributed by atoms with Gasteiger partial charge in [-0.05, 0) is 62.9 Å². The van der Waals surface area contributed by atoms with E-state index in [1.807, 2.05) is 0 Å². The van der Waals surface area contributed by atoms with Gasteiger partial charge in [0.15, 0.2) is 0 Å². The van der Waals surface area contributed by atoms with E-state index >= 15 is 0 Å². The van der Waals surface area contributed by atoms with Crippen LogP contribution in [-0.2, 0) is 11.2 Å². The van der Waals surface area contributed by atoms with Crippen molar-refractivity contribution in [3.63, 3.8) is 0 Å². The number of amides is 1. The summed E-state index contributed by atoms with van der Waals surface area (Å²) in [6, 6.07) is 6.79. The van der Waals surface area contributed by atoms with Gasteiger partial charge in [-0.15, -0.1) is 0 Å². The molecule has 1 aliphatic rings. The van der Waals surface area contributed by atoms with Gasteiger partial charge >= 0.3 is 0 Å². The number of carbonyl (C=O) groups excluding carboxylic acids is 1. The van der Waals surface area contributed by atoms with Crippen molar-refractivity contribution in [1.29, 1.82) is 0 Å². The second-order valence-electron chi connectivity index (χ2n) is 6.15. The summed E-state index contributed by atoms with van der Waals surface area (Å²) in [4.78, 5) is 14.8. The van der Waals surface area contributed by atoms with Gasteiger partial charge in [0, 0.05) is 23.5 Å². The molecule has 22 heavy (non-hydrogen) atoms. The lowest BCUT2D eigenvalue weighted by Gasteiger charge is -2.34. The zero-order valence-electron chi connectivity index (χ0n) is 13.7. The molecular weight excluding hydrogens is 340 g/mol. The number of rotatable bonds is 6. The number of aryl methyl sites for hydroxylation is 2. The van der Waals surface area contributed by atoms with Crippen molar-refractivity contribution < 1.29 is 4.79 Å². The van der Waals surface area contributed by atoms with Crippen LogP contribution in [0, 0.1) is 6.92 Å². The summed E-state index contributed by atoms with van der Waals surface area (Å²) in [7, 11) is 0. The van der Waals surface area contributed by atoms with Crippen molar-refractivity contribution in [1.82, 2.24) is 10.2 Å². The lowest BCUT2D eigenvalue weighted by Crippen LogP contribution is -2.46. The van der Waals surface area contributed by atoms with Crippen LogP contribution in [-0.4, -0.2) is 36.5 Å². The highest BCUT2D eigenvalue weighted by atomic mass is 79.9. The van der Waals surface area contributed by atoms with E-state index in [1.165, 1.54) is 11.1 Å². The molecule has 122 valence electrons. The SMILES string of the molecule is CCCN(C(=O)CCc1ccc(Br)c(C)c1)C1CCNCC1. The number of piperidine rings is 1. The van der Waals surface area contributed by atoms with Crippen LogP contribution in [0.1, 0.15) is 43.7 Å². The fourth-order valence-corrected chi connectivity index (χ4v) is 3.37. The Morgan fingerprint density at radius 2 is 2.09 bits per heavy atom. The van der Waals surface area contributed by atoms with E-state index < -0.39 is 0 Å². The van der Waals surface area contributed by atoms with Crippen molar-refractivity contribution in [2.75, 3.05) is 19.6 Å². The normalized spacial score (nSPS) is 15.8. The molecule has 0 saturated carbocycles. The lowest BCUT2D eigenvalue weighted by atomic mass is 10.0. The van der Waals surface area contributed by atoms with E-state index in [1.54, 1.807) is 0 Å². The molecule has 0 aromatic heterocycles. The number of nitrogens with zero attached hydrogens (tertiary/aromatic N) is 1. The number of hydrogen-bond acceptors (Lipinski definition) is 2. The Labute approximate surface area is 142 Å². The Kier molecular flexibility index (Phi) is 6.90. The maximum Gasteiger partial charge on any atom is 0.223 e. The third-order valence-electron chi connectivity index (χ3n) is 4.38. The summed E-state index contributed by atoms with van der Waals surface area (Å²) in [6.07, 6.45) is 4.66. The summed E-state index contributed by atoms with van der Waals surface area (Å²) in [5, 5.41) is 3.38. The van der Waals surface area contributed by atoms with Crippen LogP contribution in [0.4, 0.5) is 0 Å². The second-order valence-corrected chi connectivity index (χ2v) is 7.01. The van der Waals surface area contributed by atoms with E-state index in [0.29, 0.717) is 18.4 Å². The van der Waals surface area contributed by atoms with Gasteiger partial charge in [-0.25, -0.2) is 0 Å². The quantitative estimate of drug-likeness (QED) is 0.832. The predicted octanol–water partition coefficient (Wildman–Crippen LogP) is 3.68. The van der Waals surface area contributed by atoms with Gasteiger partial charge in [0.2, 0.25) is 5.91 Å². The average Bonchev–Trinajstić information content (AvgIpc) is 2.54. The molecule has 0 bridgehead atoms. The summed E-state index contributed by atoms with van der Waals surface area (Å²) >= 11 is 3.52. The third kappa shape index (κ3) is 4.82. The Bertz CT molecular complexity index is 498. The van der Waals surface area contributed by atoms with Crippen LogP contribution >= 0.6 is 15.9 Å². The summed E-state index contributed by atoms with van der Waals surface area (Å²) < 4.78 is 1.13. The molecule has 0 unspecified atom stereocenters. The van der Waals surface area contributed by atoms with Crippen molar-refractivity contribution in [2.45, 2.75) is 52.0 Å². The Hall–Kier alpha value is -0.870. The molecule has 1 aliphatic heterocycles. The molecule has 0 atom stereocenters. The fourth-order valence-electron chi connectivity index (χ4n) is 3.13. The minimum Gasteiger partial charge on any atom is -0.340 e. The molecule has 3 nitrogen and oxygen atoms in total. The van der Waals surface area contributed by atoms with Gasteiger partial charge < -0.3 is 10.2 Å². The van der Waals surface area contributed by atoms with Crippen molar-refractivity contribution in [2.24, 2.45) is 0 Å². The molecule has 1 saturated heterocycles. The largest absolute Gasteiger partial charge is 0.340 e. The Morgan fingerprint density at radius 1 is 1.36 bits per heavy atom. The minimum atomic E-state index is 0.314. The highest BCUT2D eigenvalue weighted by Gasteiger charge is 2.24. The Morgan fingerprint density at radius 3 is 2.73 bits per heavy atom. The lowest BCUT2D eigenvalue weighted by molar-refractivity contribution is -0.134. The first kappa shape index (κ1) is 17.5. The molecule has 0 radical (unpaired) electrons. The van der Waals surface area contributed by atoms with Crippen LogP contribution in [0.3, 0.4) is 0 Å². The number of hydrogen-bond donors (Lipinski definition) is 1. The van der Waals surface area contributed by atoms with Crippen LogP contribution < -0.4 is 5.32 Å². The van der Waals surface area contributed by atoms with E-state index in [2.05, 4.69) is 58.2 Å². The smallest absolute Gasteiger partial charge is 0.223 e. The van der Waals surface area contributed by atoms with Crippen LogP contribution in [0.5, 0.6) is 0 Å². The zero-order chi connectivity index (χ0) is 15.9. The summed E-state index contributed by atoms with van der Waals surface area (Å²) in [6.45, 7) is 7.20. The molecule has 1 heterocycles. The van der Waals surface area contributed by atoms with Crippen LogP contribution in [0.25, 0.3) is 0 Å². The second kappa shape index (κ2) is 8.68. The van der Waals surface area contributed by atoms with Crippen molar-refractivity contribution >= 4 is 21.8 Å². The molecule has 1 aromatic rings.